The van der Waals surface area contributed by atoms with Crippen molar-refractivity contribution in [2.75, 3.05) is 0 Å². The van der Waals surface area contributed by atoms with Crippen molar-refractivity contribution >= 4 is 21.8 Å². The molecule has 0 N–H and O–H groups in total. The van der Waals surface area contributed by atoms with Gasteiger partial charge in [-0.1, -0.05) is 188 Å². The molecule has 0 unspecified atom stereocenters. The summed E-state index contributed by atoms with van der Waals surface area (Å²) in [5, 5.41) is 2.26. The van der Waals surface area contributed by atoms with Gasteiger partial charge in [-0.3, -0.25) is 0 Å². The highest BCUT2D eigenvalue weighted by atomic mass is 15.0. The Morgan fingerprint density at radius 3 is 1.52 bits per heavy atom. The first-order valence-electron chi connectivity index (χ1n) is 21.2. The summed E-state index contributed by atoms with van der Waals surface area (Å²) in [6.07, 6.45) is 0. The van der Waals surface area contributed by atoms with Crippen molar-refractivity contribution in [2.45, 2.75) is 5.41 Å². The predicted molar refractivity (Wildman–Crippen MR) is 252 cm³/mol. The van der Waals surface area contributed by atoms with Gasteiger partial charge in [0.1, 0.15) is 0 Å². The van der Waals surface area contributed by atoms with Crippen molar-refractivity contribution in [2.24, 2.45) is 0 Å². The highest BCUT2D eigenvalue weighted by Gasteiger charge is 2.52. The molecular formula is C58H36N4. The summed E-state index contributed by atoms with van der Waals surface area (Å²) < 4.78 is 2.34. The fraction of sp³-hybridized carbons (Fsp3) is 0.0172. The van der Waals surface area contributed by atoms with Crippen LogP contribution in [0.5, 0.6) is 0 Å². The van der Waals surface area contributed by atoms with Crippen LogP contribution in [0, 0.1) is 0 Å². The zero-order chi connectivity index (χ0) is 40.8. The average Bonchev–Trinajstić information content (AvgIpc) is 3.97. The smallest absolute Gasteiger partial charge is 0.164 e. The molecule has 4 nitrogen and oxygen atoms in total. The zero-order valence-electron chi connectivity index (χ0n) is 33.6. The Hall–Kier alpha value is -8.21. The maximum Gasteiger partial charge on any atom is 0.164 e. The van der Waals surface area contributed by atoms with Crippen LogP contribution in [-0.4, -0.2) is 19.5 Å². The minimum absolute atomic E-state index is 0.468. The molecule has 0 fully saturated rings. The minimum Gasteiger partial charge on any atom is -0.309 e. The van der Waals surface area contributed by atoms with Gasteiger partial charge in [-0.25, -0.2) is 15.0 Å². The summed E-state index contributed by atoms with van der Waals surface area (Å²) in [5.74, 6) is 1.89. The van der Waals surface area contributed by atoms with Gasteiger partial charge in [-0.05, 0) is 86.0 Å². The summed E-state index contributed by atoms with van der Waals surface area (Å²) in [4.78, 5) is 15.9. The van der Waals surface area contributed by atoms with Gasteiger partial charge in [-0.2, -0.15) is 0 Å². The number of hydrogen-bond acceptors (Lipinski definition) is 3. The number of rotatable bonds is 5. The standard InChI is InChI=1S/C58H36N4/c1-3-18-37(19-4-1)55-59-56(61-57(60-55)47-30-17-35-52-53(47)46-27-10-14-34-51(46)62(52)40-22-5-2-6-23-40)39-21-15-20-38(36-39)41-28-16-29-45-44-26-9-13-33-50(44)58(54(41)45)48-31-11-7-24-42(48)43-25-8-12-32-49(43)58/h1-36H. The SMILES string of the molecule is c1ccc(-c2nc(-c3cccc(-c4cccc5c4C4(c6ccccc6-c6ccccc64)c4ccccc4-5)c3)nc(-c3cccc4c3c3ccccc3n4-c3ccccc3)n2)cc1. The fourth-order valence-corrected chi connectivity index (χ4v) is 10.6. The molecule has 13 rings (SSSR count). The van der Waals surface area contributed by atoms with E-state index in [1.165, 1.54) is 50.1 Å². The molecule has 288 valence electrons. The molecule has 62 heavy (non-hydrogen) atoms. The van der Waals surface area contributed by atoms with Crippen LogP contribution in [-0.2, 0) is 5.41 Å². The quantitative estimate of drug-likeness (QED) is 0.174. The minimum atomic E-state index is -0.468. The van der Waals surface area contributed by atoms with Gasteiger partial charge < -0.3 is 4.57 Å². The molecule has 0 saturated carbocycles. The Balaban J connectivity index is 1.04. The van der Waals surface area contributed by atoms with E-state index in [-0.39, 0.29) is 0 Å². The van der Waals surface area contributed by atoms with Crippen molar-refractivity contribution < 1.29 is 0 Å². The van der Waals surface area contributed by atoms with E-state index >= 15 is 0 Å². The third kappa shape index (κ3) is 4.86. The molecule has 2 aliphatic rings. The van der Waals surface area contributed by atoms with Crippen molar-refractivity contribution in [1.82, 2.24) is 19.5 Å². The molecule has 9 aromatic carbocycles. The van der Waals surface area contributed by atoms with E-state index in [1.807, 2.05) is 18.2 Å². The molecular weight excluding hydrogens is 753 g/mol. The van der Waals surface area contributed by atoms with Crippen molar-refractivity contribution in [3.63, 3.8) is 0 Å². The molecule has 0 bridgehead atoms. The summed E-state index contributed by atoms with van der Waals surface area (Å²) in [6, 6.07) is 78.4. The summed E-state index contributed by atoms with van der Waals surface area (Å²) >= 11 is 0. The predicted octanol–water partition coefficient (Wildman–Crippen LogP) is 14.0. The molecule has 1 spiro atoms. The molecule has 4 heteroatoms. The van der Waals surface area contributed by atoms with Gasteiger partial charge in [0.2, 0.25) is 0 Å². The molecule has 0 amide bonds. The lowest BCUT2D eigenvalue weighted by atomic mass is 9.68. The lowest BCUT2D eigenvalue weighted by molar-refractivity contribution is 0.796. The summed E-state index contributed by atoms with van der Waals surface area (Å²) in [5.41, 5.74) is 18.5. The van der Waals surface area contributed by atoms with E-state index in [2.05, 4.69) is 205 Å². The van der Waals surface area contributed by atoms with Gasteiger partial charge in [0, 0.05) is 33.2 Å². The molecule has 2 aliphatic carbocycles. The van der Waals surface area contributed by atoms with Crippen molar-refractivity contribution in [1.29, 1.82) is 0 Å². The number of nitrogens with zero attached hydrogens (tertiary/aromatic N) is 4. The van der Waals surface area contributed by atoms with E-state index in [1.54, 1.807) is 0 Å². The Bertz CT molecular complexity index is 3520. The van der Waals surface area contributed by atoms with E-state index in [9.17, 15) is 0 Å². The molecule has 0 atom stereocenters. The number of benzene rings is 9. The van der Waals surface area contributed by atoms with Crippen LogP contribution in [0.15, 0.2) is 218 Å². The van der Waals surface area contributed by atoms with E-state index in [0.29, 0.717) is 17.5 Å². The number of hydrogen-bond donors (Lipinski definition) is 0. The highest BCUT2D eigenvalue weighted by Crippen LogP contribution is 2.64. The number of fused-ring (bicyclic) bond motifs is 13. The second kappa shape index (κ2) is 13.4. The van der Waals surface area contributed by atoms with Gasteiger partial charge in [0.15, 0.2) is 17.5 Å². The second-order valence-electron chi connectivity index (χ2n) is 16.3. The molecule has 11 aromatic rings. The molecule has 0 radical (unpaired) electrons. The first-order valence-corrected chi connectivity index (χ1v) is 21.2. The second-order valence-corrected chi connectivity index (χ2v) is 16.3. The first-order chi connectivity index (χ1) is 30.8. The van der Waals surface area contributed by atoms with Crippen LogP contribution >= 0.6 is 0 Å². The fourth-order valence-electron chi connectivity index (χ4n) is 10.6. The van der Waals surface area contributed by atoms with Crippen molar-refractivity contribution in [3.05, 3.63) is 241 Å². The lowest BCUT2D eigenvalue weighted by Crippen LogP contribution is -2.26. The largest absolute Gasteiger partial charge is 0.309 e. The Labute approximate surface area is 359 Å². The van der Waals surface area contributed by atoms with Crippen LogP contribution in [0.1, 0.15) is 22.3 Å². The average molecular weight is 789 g/mol. The molecule has 0 aliphatic heterocycles. The molecule has 2 aromatic heterocycles. The van der Waals surface area contributed by atoms with Gasteiger partial charge in [0.25, 0.3) is 0 Å². The van der Waals surface area contributed by atoms with Crippen LogP contribution in [0.4, 0.5) is 0 Å². The monoisotopic (exact) mass is 788 g/mol. The zero-order valence-corrected chi connectivity index (χ0v) is 33.6. The normalized spacial score (nSPS) is 13.0. The Morgan fingerprint density at radius 2 is 0.790 bits per heavy atom. The van der Waals surface area contributed by atoms with Crippen LogP contribution in [0.3, 0.4) is 0 Å². The summed E-state index contributed by atoms with van der Waals surface area (Å²) in [7, 11) is 0. The van der Waals surface area contributed by atoms with E-state index in [4.69, 9.17) is 15.0 Å². The Morgan fingerprint density at radius 1 is 0.323 bits per heavy atom. The van der Waals surface area contributed by atoms with Crippen molar-refractivity contribution in [3.8, 4) is 73.2 Å². The topological polar surface area (TPSA) is 43.6 Å². The van der Waals surface area contributed by atoms with Gasteiger partial charge >= 0.3 is 0 Å². The summed E-state index contributed by atoms with van der Waals surface area (Å²) in [6.45, 7) is 0. The van der Waals surface area contributed by atoms with Crippen LogP contribution in [0.25, 0.3) is 95.0 Å². The van der Waals surface area contributed by atoms with E-state index in [0.717, 1.165) is 49.7 Å². The first kappa shape index (κ1) is 34.6. The lowest BCUT2D eigenvalue weighted by Gasteiger charge is -2.32. The van der Waals surface area contributed by atoms with Crippen LogP contribution in [0.2, 0.25) is 0 Å². The maximum absolute atomic E-state index is 5.38. The van der Waals surface area contributed by atoms with Gasteiger partial charge in [0.05, 0.1) is 16.4 Å². The molecule has 0 saturated heterocycles. The highest BCUT2D eigenvalue weighted by molar-refractivity contribution is 6.15. The third-order valence-corrected chi connectivity index (χ3v) is 13.1. The Kier molecular flexibility index (Phi) is 7.49. The van der Waals surface area contributed by atoms with Gasteiger partial charge in [-0.15, -0.1) is 0 Å². The third-order valence-electron chi connectivity index (χ3n) is 13.1. The molecule has 2 heterocycles. The van der Waals surface area contributed by atoms with E-state index < -0.39 is 5.41 Å². The number of para-hydroxylation sites is 2. The maximum atomic E-state index is 5.38. The number of aromatic nitrogens is 4. The van der Waals surface area contributed by atoms with Crippen LogP contribution < -0.4 is 0 Å².